The van der Waals surface area contributed by atoms with Crippen molar-refractivity contribution in [3.8, 4) is 5.88 Å². The Morgan fingerprint density at radius 1 is 1.04 bits per heavy atom. The number of hydrogen-bond acceptors (Lipinski definition) is 6. The molecule has 0 bridgehead atoms. The monoisotopic (exact) mass is 315 g/mol. The van der Waals surface area contributed by atoms with Gasteiger partial charge in [0.1, 0.15) is 5.56 Å². The number of nitrogens with one attached hydrogen (secondary N) is 3. The van der Waals surface area contributed by atoms with Gasteiger partial charge in [0, 0.05) is 11.1 Å². The number of aromatic amines is 2. The number of Topliss-reactive ketones (excluding diaryl/α,β-unsaturated/α-hetero) is 2. The van der Waals surface area contributed by atoms with Gasteiger partial charge in [0.2, 0.25) is 5.88 Å². The van der Waals surface area contributed by atoms with Crippen LogP contribution < -0.4 is 16.6 Å². The molecule has 0 saturated heterocycles. The number of carbonyl (C=O) groups excluding carboxylic acids is 2. The molecular weight excluding hydrogens is 302 g/mol. The number of aromatic hydroxyl groups is 1. The molecule has 0 aliphatic heterocycles. The number of likely N-dealkylation sites (N-methyl/N-ethyl adjacent to an activating group) is 1. The minimum absolute atomic E-state index is 0.156. The Morgan fingerprint density at radius 2 is 1.61 bits per heavy atom. The summed E-state index contributed by atoms with van der Waals surface area (Å²) in [6, 6.07) is 6.16. The van der Waals surface area contributed by atoms with E-state index in [1.54, 1.807) is 19.1 Å². The highest BCUT2D eigenvalue weighted by Gasteiger charge is 2.56. The van der Waals surface area contributed by atoms with Crippen LogP contribution in [0.2, 0.25) is 0 Å². The van der Waals surface area contributed by atoms with Gasteiger partial charge < -0.3 is 5.11 Å². The van der Waals surface area contributed by atoms with Crippen LogP contribution in [0.4, 0.5) is 0 Å². The molecule has 0 unspecified atom stereocenters. The van der Waals surface area contributed by atoms with Crippen molar-refractivity contribution in [1.29, 1.82) is 0 Å². The molecule has 23 heavy (non-hydrogen) atoms. The van der Waals surface area contributed by atoms with Gasteiger partial charge in [0.05, 0.1) is 0 Å². The number of fused-ring (bicyclic) bond motifs is 1. The van der Waals surface area contributed by atoms with Crippen LogP contribution in [0.1, 0.15) is 33.2 Å². The summed E-state index contributed by atoms with van der Waals surface area (Å²) >= 11 is 0. The lowest BCUT2D eigenvalue weighted by molar-refractivity contribution is 0.0750. The Labute approximate surface area is 129 Å². The fourth-order valence-electron chi connectivity index (χ4n) is 2.95. The number of aromatic nitrogens is 2. The highest BCUT2D eigenvalue weighted by Crippen LogP contribution is 2.38. The van der Waals surface area contributed by atoms with Crippen LogP contribution in [0.3, 0.4) is 0 Å². The van der Waals surface area contributed by atoms with Crippen LogP contribution >= 0.6 is 0 Å². The largest absolute Gasteiger partial charge is 0.494 e. The Hall–Kier alpha value is -3.00. The summed E-state index contributed by atoms with van der Waals surface area (Å²) in [6.07, 6.45) is 0. The van der Waals surface area contributed by atoms with Gasteiger partial charge in [-0.3, -0.25) is 29.7 Å². The maximum Gasteiger partial charge on any atom is 0.328 e. The van der Waals surface area contributed by atoms with Crippen LogP contribution in [0, 0.1) is 0 Å². The topological polar surface area (TPSA) is 132 Å². The summed E-state index contributed by atoms with van der Waals surface area (Å²) in [6.45, 7) is 1.84. The zero-order chi connectivity index (χ0) is 16.8. The lowest BCUT2D eigenvalue weighted by atomic mass is 9.86. The highest BCUT2D eigenvalue weighted by atomic mass is 16.3. The lowest BCUT2D eigenvalue weighted by Crippen LogP contribution is -2.55. The minimum Gasteiger partial charge on any atom is -0.494 e. The molecule has 0 spiro atoms. The van der Waals surface area contributed by atoms with Crippen molar-refractivity contribution >= 4 is 11.6 Å². The summed E-state index contributed by atoms with van der Waals surface area (Å²) in [7, 11) is 0. The summed E-state index contributed by atoms with van der Waals surface area (Å²) < 4.78 is 0. The third-order valence-corrected chi connectivity index (χ3v) is 3.84. The van der Waals surface area contributed by atoms with Gasteiger partial charge >= 0.3 is 5.69 Å². The maximum absolute atomic E-state index is 12.9. The lowest BCUT2D eigenvalue weighted by Gasteiger charge is -2.26. The first-order chi connectivity index (χ1) is 10.9. The van der Waals surface area contributed by atoms with Crippen molar-refractivity contribution < 1.29 is 14.7 Å². The molecule has 3 rings (SSSR count). The van der Waals surface area contributed by atoms with Crippen molar-refractivity contribution in [2.45, 2.75) is 12.5 Å². The van der Waals surface area contributed by atoms with Gasteiger partial charge in [-0.1, -0.05) is 31.2 Å². The fraction of sp³-hybridized carbons (Fsp3) is 0.200. The van der Waals surface area contributed by atoms with E-state index in [9.17, 15) is 24.3 Å². The smallest absolute Gasteiger partial charge is 0.328 e. The second-order valence-corrected chi connectivity index (χ2v) is 5.12. The Bertz CT molecular complexity index is 906. The van der Waals surface area contributed by atoms with Crippen LogP contribution in [-0.4, -0.2) is 33.2 Å². The van der Waals surface area contributed by atoms with Crippen molar-refractivity contribution in [2.75, 3.05) is 6.54 Å². The normalized spacial score (nSPS) is 15.7. The van der Waals surface area contributed by atoms with E-state index < -0.39 is 39.8 Å². The van der Waals surface area contributed by atoms with Gasteiger partial charge in [-0.05, 0) is 6.54 Å². The third-order valence-electron chi connectivity index (χ3n) is 3.84. The second kappa shape index (κ2) is 5.03. The number of ketones is 2. The number of H-pyrrole nitrogens is 2. The van der Waals surface area contributed by atoms with E-state index in [0.717, 1.165) is 0 Å². The van der Waals surface area contributed by atoms with Crippen molar-refractivity contribution in [3.63, 3.8) is 0 Å². The molecule has 0 saturated carbocycles. The molecule has 1 aliphatic rings. The maximum atomic E-state index is 12.9. The van der Waals surface area contributed by atoms with Gasteiger partial charge in [-0.15, -0.1) is 0 Å². The summed E-state index contributed by atoms with van der Waals surface area (Å²) in [5.41, 5.74) is -4.18. The van der Waals surface area contributed by atoms with Crippen LogP contribution in [0.15, 0.2) is 33.9 Å². The number of rotatable bonds is 3. The Balaban J connectivity index is 2.38. The van der Waals surface area contributed by atoms with Crippen molar-refractivity contribution in [2.24, 2.45) is 0 Å². The number of benzene rings is 1. The van der Waals surface area contributed by atoms with Crippen LogP contribution in [-0.2, 0) is 5.54 Å². The molecule has 4 N–H and O–H groups in total. The van der Waals surface area contributed by atoms with Crippen molar-refractivity contribution in [3.05, 3.63) is 61.8 Å². The molecule has 0 amide bonds. The second-order valence-electron chi connectivity index (χ2n) is 5.12. The highest BCUT2D eigenvalue weighted by molar-refractivity contribution is 6.33. The number of carbonyl (C=O) groups is 2. The Morgan fingerprint density at radius 3 is 2.09 bits per heavy atom. The van der Waals surface area contributed by atoms with Crippen LogP contribution in [0.5, 0.6) is 5.88 Å². The van der Waals surface area contributed by atoms with E-state index in [1.165, 1.54) is 12.1 Å². The molecule has 0 radical (unpaired) electrons. The molecule has 8 heteroatoms. The molecule has 1 aromatic heterocycles. The summed E-state index contributed by atoms with van der Waals surface area (Å²) in [5.74, 6) is -2.10. The zero-order valence-electron chi connectivity index (χ0n) is 12.1. The molecule has 1 aliphatic carbocycles. The predicted molar refractivity (Wildman–Crippen MR) is 79.8 cm³/mol. The Kier molecular flexibility index (Phi) is 3.26. The molecule has 2 aromatic rings. The van der Waals surface area contributed by atoms with Gasteiger partial charge in [-0.2, -0.15) is 0 Å². The molecular formula is C15H13N3O5. The zero-order valence-corrected chi connectivity index (χ0v) is 12.1. The van der Waals surface area contributed by atoms with E-state index in [0.29, 0.717) is 0 Å². The molecule has 0 fully saturated rings. The van der Waals surface area contributed by atoms with E-state index in [1.807, 2.05) is 9.97 Å². The molecule has 118 valence electrons. The number of hydrogen-bond donors (Lipinski definition) is 4. The first kappa shape index (κ1) is 14.9. The quantitative estimate of drug-likeness (QED) is 0.573. The van der Waals surface area contributed by atoms with E-state index in [4.69, 9.17) is 0 Å². The first-order valence-corrected chi connectivity index (χ1v) is 6.93. The average molecular weight is 315 g/mol. The van der Waals surface area contributed by atoms with E-state index >= 15 is 0 Å². The SMILES string of the molecule is CCNC1(c2c(O)[nH]c(=O)[nH]c2=O)C(=O)c2ccccc2C1=O. The standard InChI is InChI=1S/C15H13N3O5/c1-2-16-15(9-12(21)17-14(23)18-13(9)22)10(19)7-5-3-4-6-8(7)11(15)20/h3-6,16H,2H2,1H3,(H3,17,18,21,22,23). The van der Waals surface area contributed by atoms with Crippen molar-refractivity contribution in [1.82, 2.24) is 15.3 Å². The van der Waals surface area contributed by atoms with Gasteiger partial charge in [0.25, 0.3) is 5.56 Å². The molecule has 1 aromatic carbocycles. The molecule has 0 atom stereocenters. The minimum atomic E-state index is -2.06. The molecule has 1 heterocycles. The van der Waals surface area contributed by atoms with E-state index in [2.05, 4.69) is 5.32 Å². The summed E-state index contributed by atoms with van der Waals surface area (Å²) in [5, 5.41) is 12.7. The van der Waals surface area contributed by atoms with Gasteiger partial charge in [-0.25, -0.2) is 4.79 Å². The van der Waals surface area contributed by atoms with E-state index in [-0.39, 0.29) is 17.7 Å². The third kappa shape index (κ3) is 1.88. The van der Waals surface area contributed by atoms with Crippen LogP contribution in [0.25, 0.3) is 0 Å². The predicted octanol–water partition coefficient (Wildman–Crippen LogP) is -0.347. The average Bonchev–Trinajstić information content (AvgIpc) is 2.70. The van der Waals surface area contributed by atoms with Gasteiger partial charge in [0.15, 0.2) is 17.1 Å². The fourth-order valence-corrected chi connectivity index (χ4v) is 2.95. The summed E-state index contributed by atoms with van der Waals surface area (Å²) in [4.78, 5) is 53.1. The molecule has 8 nitrogen and oxygen atoms in total. The first-order valence-electron chi connectivity index (χ1n) is 6.93.